The molecule has 2 heterocycles. The molecule has 2 aromatic rings. The molecular weight excluding hydrogens is 290 g/mol. The topological polar surface area (TPSA) is 54.5 Å². The van der Waals surface area contributed by atoms with Crippen LogP contribution in [0.3, 0.4) is 0 Å². The molecule has 0 spiro atoms. The molecule has 0 aliphatic carbocycles. The lowest BCUT2D eigenvalue weighted by molar-refractivity contribution is 0.102. The molecule has 1 aliphatic rings. The van der Waals surface area contributed by atoms with Gasteiger partial charge in [0.2, 0.25) is 0 Å². The number of hydrogen-bond donors (Lipinski definition) is 1. The lowest BCUT2D eigenvalue weighted by Gasteiger charge is -2.28. The van der Waals surface area contributed by atoms with Crippen molar-refractivity contribution in [3.8, 4) is 5.75 Å². The normalized spacial score (nSPS) is 14.4. The molecule has 0 saturated carbocycles. The molecule has 1 N–H and O–H groups in total. The number of pyridine rings is 1. The van der Waals surface area contributed by atoms with Crippen molar-refractivity contribution in [1.29, 1.82) is 0 Å². The van der Waals surface area contributed by atoms with Crippen LogP contribution < -0.4 is 15.0 Å². The highest BCUT2D eigenvalue weighted by Gasteiger charge is 2.14. The molecule has 1 amide bonds. The second-order valence-corrected chi connectivity index (χ2v) is 5.60. The largest absolute Gasteiger partial charge is 0.495 e. The van der Waals surface area contributed by atoms with E-state index >= 15 is 0 Å². The highest BCUT2D eigenvalue weighted by molar-refractivity contribution is 6.03. The van der Waals surface area contributed by atoms with E-state index in [1.54, 1.807) is 25.4 Å². The van der Waals surface area contributed by atoms with E-state index in [4.69, 9.17) is 4.74 Å². The summed E-state index contributed by atoms with van der Waals surface area (Å²) >= 11 is 0. The molecule has 0 bridgehead atoms. The van der Waals surface area contributed by atoms with E-state index in [1.165, 1.54) is 19.3 Å². The van der Waals surface area contributed by atoms with E-state index < -0.39 is 0 Å². The molecule has 1 aromatic carbocycles. The van der Waals surface area contributed by atoms with Crippen LogP contribution in [0.25, 0.3) is 0 Å². The van der Waals surface area contributed by atoms with Gasteiger partial charge in [-0.15, -0.1) is 0 Å². The first kappa shape index (κ1) is 15.3. The summed E-state index contributed by atoms with van der Waals surface area (Å²) in [4.78, 5) is 19.0. The summed E-state index contributed by atoms with van der Waals surface area (Å²) in [6, 6.07) is 11.1. The minimum atomic E-state index is -0.236. The number of para-hydroxylation sites is 2. The number of piperidine rings is 1. The molecular formula is C18H21N3O2. The SMILES string of the molecule is COc1ccccc1NC(=O)c1ccc(N2CCCCC2)cn1. The Morgan fingerprint density at radius 1 is 1.13 bits per heavy atom. The van der Waals surface area contributed by atoms with Crippen molar-refractivity contribution in [2.45, 2.75) is 19.3 Å². The van der Waals surface area contributed by atoms with Crippen LogP contribution in [-0.4, -0.2) is 31.1 Å². The fourth-order valence-electron chi connectivity index (χ4n) is 2.79. The van der Waals surface area contributed by atoms with Gasteiger partial charge in [0.05, 0.1) is 24.7 Å². The second-order valence-electron chi connectivity index (χ2n) is 5.60. The molecule has 5 nitrogen and oxygen atoms in total. The van der Waals surface area contributed by atoms with Crippen LogP contribution in [0.1, 0.15) is 29.8 Å². The number of hydrogen-bond acceptors (Lipinski definition) is 4. The molecule has 23 heavy (non-hydrogen) atoms. The Balaban J connectivity index is 1.70. The summed E-state index contributed by atoms with van der Waals surface area (Å²) in [5.74, 6) is 0.394. The third-order valence-electron chi connectivity index (χ3n) is 4.06. The Morgan fingerprint density at radius 3 is 2.61 bits per heavy atom. The van der Waals surface area contributed by atoms with Crippen molar-refractivity contribution >= 4 is 17.3 Å². The van der Waals surface area contributed by atoms with Gasteiger partial charge < -0.3 is 15.0 Å². The van der Waals surface area contributed by atoms with E-state index in [2.05, 4.69) is 15.2 Å². The van der Waals surface area contributed by atoms with E-state index in [9.17, 15) is 4.79 Å². The van der Waals surface area contributed by atoms with Crippen LogP contribution in [0.5, 0.6) is 5.75 Å². The first-order valence-electron chi connectivity index (χ1n) is 7.93. The van der Waals surface area contributed by atoms with Gasteiger partial charge >= 0.3 is 0 Å². The maximum absolute atomic E-state index is 12.3. The summed E-state index contributed by atoms with van der Waals surface area (Å²) < 4.78 is 5.24. The summed E-state index contributed by atoms with van der Waals surface area (Å²) in [6.45, 7) is 2.13. The molecule has 5 heteroatoms. The van der Waals surface area contributed by atoms with Crippen LogP contribution >= 0.6 is 0 Å². The number of amides is 1. The molecule has 0 radical (unpaired) electrons. The molecule has 1 saturated heterocycles. The van der Waals surface area contributed by atoms with Gasteiger partial charge in [-0.3, -0.25) is 4.79 Å². The maximum Gasteiger partial charge on any atom is 0.274 e. The molecule has 0 atom stereocenters. The lowest BCUT2D eigenvalue weighted by atomic mass is 10.1. The summed E-state index contributed by atoms with van der Waals surface area (Å²) in [6.07, 6.45) is 5.51. The van der Waals surface area contributed by atoms with E-state index in [-0.39, 0.29) is 5.91 Å². The van der Waals surface area contributed by atoms with Gasteiger partial charge in [0.25, 0.3) is 5.91 Å². The number of aromatic nitrogens is 1. The predicted molar refractivity (Wildman–Crippen MR) is 91.2 cm³/mol. The highest BCUT2D eigenvalue weighted by Crippen LogP contribution is 2.24. The van der Waals surface area contributed by atoms with Crippen LogP contribution in [0.15, 0.2) is 42.6 Å². The van der Waals surface area contributed by atoms with Crippen molar-refractivity contribution in [1.82, 2.24) is 4.98 Å². The standard InChI is InChI=1S/C18H21N3O2/c1-23-17-8-4-3-7-15(17)20-18(22)16-10-9-14(13-19-16)21-11-5-2-6-12-21/h3-4,7-10,13H,2,5-6,11-12H2,1H3,(H,20,22). The minimum absolute atomic E-state index is 0.236. The van der Waals surface area contributed by atoms with Crippen molar-refractivity contribution in [2.24, 2.45) is 0 Å². The van der Waals surface area contributed by atoms with Gasteiger partial charge in [0, 0.05) is 13.1 Å². The monoisotopic (exact) mass is 311 g/mol. The van der Waals surface area contributed by atoms with Crippen LogP contribution in [0.4, 0.5) is 11.4 Å². The maximum atomic E-state index is 12.3. The van der Waals surface area contributed by atoms with Crippen molar-refractivity contribution < 1.29 is 9.53 Å². The smallest absolute Gasteiger partial charge is 0.274 e. The zero-order valence-corrected chi connectivity index (χ0v) is 13.3. The van der Waals surface area contributed by atoms with E-state index in [0.717, 1.165) is 18.8 Å². The number of anilines is 2. The molecule has 1 fully saturated rings. The summed E-state index contributed by atoms with van der Waals surface area (Å²) in [5, 5.41) is 2.84. The van der Waals surface area contributed by atoms with Gasteiger partial charge in [-0.2, -0.15) is 0 Å². The zero-order valence-electron chi connectivity index (χ0n) is 13.3. The number of ether oxygens (including phenoxy) is 1. The van der Waals surface area contributed by atoms with E-state index in [0.29, 0.717) is 17.1 Å². The number of carbonyl (C=O) groups excluding carboxylic acids is 1. The fourth-order valence-corrected chi connectivity index (χ4v) is 2.79. The Labute approximate surface area is 136 Å². The number of nitrogens with one attached hydrogen (secondary N) is 1. The van der Waals surface area contributed by atoms with Gasteiger partial charge in [-0.05, 0) is 43.5 Å². The number of nitrogens with zero attached hydrogens (tertiary/aromatic N) is 2. The molecule has 1 aromatic heterocycles. The minimum Gasteiger partial charge on any atom is -0.495 e. The first-order valence-corrected chi connectivity index (χ1v) is 7.93. The van der Waals surface area contributed by atoms with Crippen LogP contribution in [-0.2, 0) is 0 Å². The Kier molecular flexibility index (Phi) is 4.76. The van der Waals surface area contributed by atoms with Crippen molar-refractivity contribution in [3.63, 3.8) is 0 Å². The zero-order chi connectivity index (χ0) is 16.1. The summed E-state index contributed by atoms with van der Waals surface area (Å²) in [5.41, 5.74) is 2.12. The fraction of sp³-hybridized carbons (Fsp3) is 0.333. The second kappa shape index (κ2) is 7.13. The molecule has 0 unspecified atom stereocenters. The van der Waals surface area contributed by atoms with E-state index in [1.807, 2.05) is 24.3 Å². The van der Waals surface area contributed by atoms with Crippen molar-refractivity contribution in [2.75, 3.05) is 30.4 Å². The van der Waals surface area contributed by atoms with Crippen LogP contribution in [0, 0.1) is 0 Å². The average molecular weight is 311 g/mol. The third-order valence-corrected chi connectivity index (χ3v) is 4.06. The van der Waals surface area contributed by atoms with Gasteiger partial charge in [-0.1, -0.05) is 12.1 Å². The van der Waals surface area contributed by atoms with Gasteiger partial charge in [0.1, 0.15) is 11.4 Å². The highest BCUT2D eigenvalue weighted by atomic mass is 16.5. The number of carbonyl (C=O) groups is 1. The first-order chi connectivity index (χ1) is 11.3. The third kappa shape index (κ3) is 3.62. The molecule has 120 valence electrons. The quantitative estimate of drug-likeness (QED) is 0.941. The van der Waals surface area contributed by atoms with Crippen molar-refractivity contribution in [3.05, 3.63) is 48.3 Å². The van der Waals surface area contributed by atoms with Crippen LogP contribution in [0.2, 0.25) is 0 Å². The number of rotatable bonds is 4. The molecule has 3 rings (SSSR count). The summed E-state index contributed by atoms with van der Waals surface area (Å²) in [7, 11) is 1.58. The molecule has 1 aliphatic heterocycles. The Morgan fingerprint density at radius 2 is 1.91 bits per heavy atom. The Hall–Kier alpha value is -2.56. The number of methoxy groups -OCH3 is 1. The lowest BCUT2D eigenvalue weighted by Crippen LogP contribution is -2.29. The Bertz CT molecular complexity index is 664. The van der Waals surface area contributed by atoms with Gasteiger partial charge in [0.15, 0.2) is 0 Å². The van der Waals surface area contributed by atoms with Gasteiger partial charge in [-0.25, -0.2) is 4.98 Å². The predicted octanol–water partition coefficient (Wildman–Crippen LogP) is 3.33. The average Bonchev–Trinajstić information content (AvgIpc) is 2.63. The number of benzene rings is 1.